The number of rotatable bonds is 3. The van der Waals surface area contributed by atoms with Crippen LogP contribution in [-0.4, -0.2) is 12.0 Å². The predicted molar refractivity (Wildman–Crippen MR) is 82.5 cm³/mol. The van der Waals surface area contributed by atoms with E-state index in [0.717, 1.165) is 17.8 Å². The summed E-state index contributed by atoms with van der Waals surface area (Å²) in [6.45, 7) is 0. The molecule has 2 nitrogen and oxygen atoms in total. The van der Waals surface area contributed by atoms with Gasteiger partial charge in [0.25, 0.3) is 0 Å². The molecule has 4 atom stereocenters. The lowest BCUT2D eigenvalue weighted by Crippen LogP contribution is -2.29. The highest BCUT2D eigenvalue weighted by molar-refractivity contribution is 5.82. The van der Waals surface area contributed by atoms with Gasteiger partial charge in [0.15, 0.2) is 0 Å². The van der Waals surface area contributed by atoms with E-state index in [1.807, 2.05) is 12.3 Å². The molecule has 104 valence electrons. The molecule has 2 bridgehead atoms. The average Bonchev–Trinajstić information content (AvgIpc) is 3.11. The molecule has 2 heteroatoms. The number of nitrogens with one attached hydrogen (secondary N) is 1. The van der Waals surface area contributed by atoms with Gasteiger partial charge in [-0.2, -0.15) is 0 Å². The Morgan fingerprint density at radius 3 is 2.80 bits per heavy atom. The van der Waals surface area contributed by atoms with Crippen molar-refractivity contribution < 1.29 is 0 Å². The van der Waals surface area contributed by atoms with Crippen LogP contribution < -0.4 is 5.32 Å². The molecule has 2 fully saturated rings. The van der Waals surface area contributed by atoms with Crippen molar-refractivity contribution in [3.63, 3.8) is 0 Å². The van der Waals surface area contributed by atoms with Gasteiger partial charge in [-0.1, -0.05) is 30.7 Å². The second kappa shape index (κ2) is 4.85. The standard InChI is InChI=1S/C18H22N2/c1-19-18(16-11-12-7-8-14(16)10-12)15-6-2-4-13-5-3-9-20-17(13)15/h2-6,9,12,14,16,18-19H,7-8,10-11H2,1H3. The second-order valence-electron chi connectivity index (χ2n) is 6.53. The van der Waals surface area contributed by atoms with Crippen LogP contribution in [0, 0.1) is 17.8 Å². The van der Waals surface area contributed by atoms with Crippen molar-refractivity contribution in [3.05, 3.63) is 42.1 Å². The normalized spacial score (nSPS) is 29.9. The summed E-state index contributed by atoms with van der Waals surface area (Å²) in [4.78, 5) is 4.64. The van der Waals surface area contributed by atoms with Crippen molar-refractivity contribution in [2.75, 3.05) is 7.05 Å². The third-order valence-corrected chi connectivity index (χ3v) is 5.53. The molecule has 0 spiro atoms. The Bertz CT molecular complexity index is 616. The van der Waals surface area contributed by atoms with E-state index in [1.165, 1.54) is 42.1 Å². The van der Waals surface area contributed by atoms with Gasteiger partial charge in [0, 0.05) is 17.6 Å². The number of hydrogen-bond acceptors (Lipinski definition) is 2. The summed E-state index contributed by atoms with van der Waals surface area (Å²) in [6, 6.07) is 11.3. The molecule has 1 heterocycles. The topological polar surface area (TPSA) is 24.9 Å². The van der Waals surface area contributed by atoms with Crippen LogP contribution in [0.15, 0.2) is 36.5 Å². The van der Waals surface area contributed by atoms with Gasteiger partial charge in [-0.05, 0) is 55.7 Å². The van der Waals surface area contributed by atoms with Crippen molar-refractivity contribution in [2.45, 2.75) is 31.7 Å². The van der Waals surface area contributed by atoms with Crippen LogP contribution in [0.2, 0.25) is 0 Å². The minimum atomic E-state index is 0.462. The fourth-order valence-corrected chi connectivity index (χ4v) is 4.68. The summed E-state index contributed by atoms with van der Waals surface area (Å²) in [6.07, 6.45) is 7.68. The molecule has 1 N–H and O–H groups in total. The lowest BCUT2D eigenvalue weighted by Gasteiger charge is -2.31. The van der Waals surface area contributed by atoms with Gasteiger partial charge in [0.05, 0.1) is 5.52 Å². The summed E-state index contributed by atoms with van der Waals surface area (Å²) in [5.41, 5.74) is 2.57. The number of nitrogens with zero attached hydrogens (tertiary/aromatic N) is 1. The van der Waals surface area contributed by atoms with E-state index in [2.05, 4.69) is 41.6 Å². The number of pyridine rings is 1. The van der Waals surface area contributed by atoms with Crippen LogP contribution in [0.3, 0.4) is 0 Å². The molecule has 1 aromatic carbocycles. The summed E-state index contributed by atoms with van der Waals surface area (Å²) in [5, 5.41) is 4.86. The Morgan fingerprint density at radius 2 is 2.05 bits per heavy atom. The molecule has 2 aromatic rings. The minimum Gasteiger partial charge on any atom is -0.313 e. The van der Waals surface area contributed by atoms with Crippen molar-refractivity contribution >= 4 is 10.9 Å². The molecule has 2 aliphatic carbocycles. The van der Waals surface area contributed by atoms with E-state index < -0.39 is 0 Å². The Balaban J connectivity index is 1.76. The zero-order chi connectivity index (χ0) is 13.5. The highest BCUT2D eigenvalue weighted by Gasteiger charge is 2.43. The summed E-state index contributed by atoms with van der Waals surface area (Å²) < 4.78 is 0. The zero-order valence-electron chi connectivity index (χ0n) is 12.0. The number of hydrogen-bond donors (Lipinski definition) is 1. The monoisotopic (exact) mass is 266 g/mol. The van der Waals surface area contributed by atoms with Gasteiger partial charge >= 0.3 is 0 Å². The van der Waals surface area contributed by atoms with E-state index in [4.69, 9.17) is 0 Å². The Morgan fingerprint density at radius 1 is 1.15 bits per heavy atom. The molecule has 20 heavy (non-hydrogen) atoms. The SMILES string of the molecule is CNC(c1cccc2cccnc12)C1CC2CCC1C2. The molecule has 2 saturated carbocycles. The molecule has 4 unspecified atom stereocenters. The smallest absolute Gasteiger partial charge is 0.0749 e. The van der Waals surface area contributed by atoms with E-state index in [9.17, 15) is 0 Å². The van der Waals surface area contributed by atoms with Gasteiger partial charge in [-0.3, -0.25) is 4.98 Å². The molecule has 0 radical (unpaired) electrons. The van der Waals surface area contributed by atoms with E-state index >= 15 is 0 Å². The maximum atomic E-state index is 4.64. The first-order chi connectivity index (χ1) is 9.86. The van der Waals surface area contributed by atoms with Crippen LogP contribution in [0.5, 0.6) is 0 Å². The molecule has 2 aliphatic rings. The fraction of sp³-hybridized carbons (Fsp3) is 0.500. The van der Waals surface area contributed by atoms with Crippen molar-refractivity contribution in [1.82, 2.24) is 10.3 Å². The Labute approximate surface area is 120 Å². The van der Waals surface area contributed by atoms with Gasteiger partial charge < -0.3 is 5.32 Å². The lowest BCUT2D eigenvalue weighted by atomic mass is 9.80. The zero-order valence-corrected chi connectivity index (χ0v) is 12.0. The molecular formula is C18H22N2. The quantitative estimate of drug-likeness (QED) is 0.910. The molecule has 0 amide bonds. The first-order valence-electron chi connectivity index (χ1n) is 7.87. The number of fused-ring (bicyclic) bond motifs is 3. The lowest BCUT2D eigenvalue weighted by molar-refractivity contribution is 0.260. The molecule has 0 aliphatic heterocycles. The fourth-order valence-electron chi connectivity index (χ4n) is 4.68. The van der Waals surface area contributed by atoms with Crippen LogP contribution in [0.1, 0.15) is 37.3 Å². The maximum Gasteiger partial charge on any atom is 0.0749 e. The summed E-state index contributed by atoms with van der Waals surface area (Å²) in [7, 11) is 2.11. The minimum absolute atomic E-state index is 0.462. The van der Waals surface area contributed by atoms with E-state index in [0.29, 0.717) is 6.04 Å². The highest BCUT2D eigenvalue weighted by atomic mass is 14.9. The molecule has 4 rings (SSSR count). The number of aromatic nitrogens is 1. The van der Waals surface area contributed by atoms with Crippen LogP contribution in [0.25, 0.3) is 10.9 Å². The van der Waals surface area contributed by atoms with Crippen LogP contribution >= 0.6 is 0 Å². The highest BCUT2D eigenvalue weighted by Crippen LogP contribution is 2.52. The summed E-state index contributed by atoms with van der Waals surface area (Å²) in [5.74, 6) is 2.71. The van der Waals surface area contributed by atoms with Gasteiger partial charge in [-0.15, -0.1) is 0 Å². The van der Waals surface area contributed by atoms with Gasteiger partial charge in [0.1, 0.15) is 0 Å². The molecular weight excluding hydrogens is 244 g/mol. The first-order valence-corrected chi connectivity index (χ1v) is 7.87. The predicted octanol–water partition coefficient (Wildman–Crippen LogP) is 3.93. The number of para-hydroxylation sites is 1. The van der Waals surface area contributed by atoms with Crippen molar-refractivity contribution in [2.24, 2.45) is 17.8 Å². The van der Waals surface area contributed by atoms with Crippen LogP contribution in [-0.2, 0) is 0 Å². The van der Waals surface area contributed by atoms with Crippen LogP contribution in [0.4, 0.5) is 0 Å². The third-order valence-electron chi connectivity index (χ3n) is 5.53. The van der Waals surface area contributed by atoms with Gasteiger partial charge in [0.2, 0.25) is 0 Å². The first kappa shape index (κ1) is 12.3. The average molecular weight is 266 g/mol. The number of benzene rings is 1. The van der Waals surface area contributed by atoms with E-state index in [1.54, 1.807) is 0 Å². The third kappa shape index (κ3) is 1.86. The Kier molecular flexibility index (Phi) is 2.99. The summed E-state index contributed by atoms with van der Waals surface area (Å²) >= 11 is 0. The van der Waals surface area contributed by atoms with E-state index in [-0.39, 0.29) is 0 Å². The van der Waals surface area contributed by atoms with Crippen molar-refractivity contribution in [3.8, 4) is 0 Å². The molecule has 1 aromatic heterocycles. The molecule has 0 saturated heterocycles. The maximum absolute atomic E-state index is 4.64. The Hall–Kier alpha value is -1.41. The second-order valence-corrected chi connectivity index (χ2v) is 6.53. The van der Waals surface area contributed by atoms with Gasteiger partial charge in [-0.25, -0.2) is 0 Å². The van der Waals surface area contributed by atoms with Crippen molar-refractivity contribution in [1.29, 1.82) is 0 Å². The largest absolute Gasteiger partial charge is 0.313 e.